The molecule has 2 N–H and O–H groups in total. The molecule has 1 aromatic rings. The number of ether oxygens (including phenoxy) is 1. The summed E-state index contributed by atoms with van der Waals surface area (Å²) in [6, 6.07) is 6.51. The monoisotopic (exact) mass is 283 g/mol. The van der Waals surface area contributed by atoms with E-state index in [-0.39, 0.29) is 0 Å². The van der Waals surface area contributed by atoms with E-state index in [1.165, 1.54) is 5.56 Å². The Morgan fingerprint density at radius 2 is 2.11 bits per heavy atom. The van der Waals surface area contributed by atoms with Gasteiger partial charge in [-0.25, -0.2) is 0 Å². The topological polar surface area (TPSA) is 41.5 Å². The lowest BCUT2D eigenvalue weighted by Crippen LogP contribution is -2.37. The number of rotatable bonds is 8. The Bertz CT molecular complexity index is 384. The highest BCUT2D eigenvalue weighted by Crippen LogP contribution is 2.19. The average Bonchev–Trinajstić information content (AvgIpc) is 2.38. The third-order valence-corrected chi connectivity index (χ3v) is 3.73. The van der Waals surface area contributed by atoms with Gasteiger partial charge in [-0.3, -0.25) is 0 Å². The Labute approximate surface area is 120 Å². The summed E-state index contributed by atoms with van der Waals surface area (Å²) < 4.78 is 5.68. The first-order valence-electron chi connectivity index (χ1n) is 6.63. The maximum absolute atomic E-state index is 9.89. The Balaban J connectivity index is 2.33. The standard InChI is InChI=1S/C15H25NO2S/c1-11-5-6-12(2)15(7-11)18-9-14(17)8-16-13(3)10-19-4/h5-7,13-14,16-17H,8-10H2,1-4H3. The second-order valence-electron chi connectivity index (χ2n) is 5.00. The number of thioether (sulfide) groups is 1. The number of aliphatic hydroxyl groups excluding tert-OH is 1. The maximum atomic E-state index is 9.89. The minimum absolute atomic E-state index is 0.323. The van der Waals surface area contributed by atoms with Crippen molar-refractivity contribution in [3.63, 3.8) is 0 Å². The third kappa shape index (κ3) is 6.32. The molecule has 2 atom stereocenters. The molecule has 0 aliphatic heterocycles. The van der Waals surface area contributed by atoms with Crippen LogP contribution in [0.15, 0.2) is 18.2 Å². The summed E-state index contributed by atoms with van der Waals surface area (Å²) in [4.78, 5) is 0. The van der Waals surface area contributed by atoms with E-state index >= 15 is 0 Å². The van der Waals surface area contributed by atoms with E-state index in [4.69, 9.17) is 4.74 Å². The van der Waals surface area contributed by atoms with E-state index in [9.17, 15) is 5.11 Å². The van der Waals surface area contributed by atoms with E-state index in [0.717, 1.165) is 17.1 Å². The fourth-order valence-corrected chi connectivity index (χ4v) is 2.37. The van der Waals surface area contributed by atoms with Gasteiger partial charge in [0, 0.05) is 18.3 Å². The number of hydrogen-bond acceptors (Lipinski definition) is 4. The van der Waals surface area contributed by atoms with Gasteiger partial charge < -0.3 is 15.2 Å². The zero-order valence-electron chi connectivity index (χ0n) is 12.3. The summed E-state index contributed by atoms with van der Waals surface area (Å²) in [5, 5.41) is 13.2. The normalized spacial score (nSPS) is 14.2. The molecule has 19 heavy (non-hydrogen) atoms. The quantitative estimate of drug-likeness (QED) is 0.768. The summed E-state index contributed by atoms with van der Waals surface area (Å²) in [7, 11) is 0. The zero-order chi connectivity index (χ0) is 14.3. The van der Waals surface area contributed by atoms with E-state index in [1.807, 2.05) is 26.0 Å². The second kappa shape index (κ2) is 8.46. The highest BCUT2D eigenvalue weighted by molar-refractivity contribution is 7.98. The molecule has 4 heteroatoms. The fourth-order valence-electron chi connectivity index (χ4n) is 1.75. The van der Waals surface area contributed by atoms with Crippen LogP contribution < -0.4 is 10.1 Å². The van der Waals surface area contributed by atoms with Crippen molar-refractivity contribution in [2.24, 2.45) is 0 Å². The van der Waals surface area contributed by atoms with Crippen molar-refractivity contribution >= 4 is 11.8 Å². The fraction of sp³-hybridized carbons (Fsp3) is 0.600. The summed E-state index contributed by atoms with van der Waals surface area (Å²) in [5.74, 6) is 1.90. The molecule has 0 radical (unpaired) electrons. The molecule has 0 amide bonds. The molecule has 1 aromatic carbocycles. The predicted molar refractivity (Wildman–Crippen MR) is 83.3 cm³/mol. The first-order chi connectivity index (χ1) is 9.02. The minimum Gasteiger partial charge on any atom is -0.491 e. The number of nitrogens with one attached hydrogen (secondary N) is 1. The molecule has 0 fully saturated rings. The van der Waals surface area contributed by atoms with Gasteiger partial charge in [0.1, 0.15) is 18.5 Å². The van der Waals surface area contributed by atoms with E-state index in [2.05, 4.69) is 24.6 Å². The molecule has 0 aliphatic carbocycles. The van der Waals surface area contributed by atoms with Crippen LogP contribution in [0.3, 0.4) is 0 Å². The Morgan fingerprint density at radius 1 is 1.37 bits per heavy atom. The van der Waals surface area contributed by atoms with Gasteiger partial charge in [-0.15, -0.1) is 0 Å². The van der Waals surface area contributed by atoms with Gasteiger partial charge in [0.25, 0.3) is 0 Å². The molecule has 2 unspecified atom stereocenters. The number of hydrogen-bond donors (Lipinski definition) is 2. The lowest BCUT2D eigenvalue weighted by molar-refractivity contribution is 0.104. The molecular formula is C15H25NO2S. The third-order valence-electron chi connectivity index (χ3n) is 2.89. The highest BCUT2D eigenvalue weighted by Gasteiger charge is 2.08. The van der Waals surface area contributed by atoms with Crippen molar-refractivity contribution in [3.05, 3.63) is 29.3 Å². The molecule has 1 rings (SSSR count). The average molecular weight is 283 g/mol. The predicted octanol–water partition coefficient (Wildman–Crippen LogP) is 2.38. The number of benzene rings is 1. The maximum Gasteiger partial charge on any atom is 0.122 e. The zero-order valence-corrected chi connectivity index (χ0v) is 13.1. The van der Waals surface area contributed by atoms with Gasteiger partial charge in [0.05, 0.1) is 0 Å². The van der Waals surface area contributed by atoms with Gasteiger partial charge >= 0.3 is 0 Å². The summed E-state index contributed by atoms with van der Waals surface area (Å²) in [5.41, 5.74) is 2.27. The molecule has 0 aliphatic rings. The molecule has 108 valence electrons. The first-order valence-corrected chi connectivity index (χ1v) is 8.02. The minimum atomic E-state index is -0.482. The van der Waals surface area contributed by atoms with Crippen LogP contribution in [0.1, 0.15) is 18.1 Å². The van der Waals surface area contributed by atoms with Crippen molar-refractivity contribution in [1.82, 2.24) is 5.32 Å². The van der Waals surface area contributed by atoms with Crippen molar-refractivity contribution in [2.45, 2.75) is 32.9 Å². The molecule has 0 saturated carbocycles. The van der Waals surface area contributed by atoms with Gasteiger partial charge in [-0.05, 0) is 44.2 Å². The van der Waals surface area contributed by atoms with Crippen LogP contribution in [-0.2, 0) is 0 Å². The summed E-state index contributed by atoms with van der Waals surface area (Å²) >= 11 is 1.80. The molecule has 0 aromatic heterocycles. The highest BCUT2D eigenvalue weighted by atomic mass is 32.2. The summed E-state index contributed by atoms with van der Waals surface area (Å²) in [6.45, 7) is 7.05. The van der Waals surface area contributed by atoms with Crippen LogP contribution in [0.2, 0.25) is 0 Å². The van der Waals surface area contributed by atoms with Crippen molar-refractivity contribution < 1.29 is 9.84 Å². The Morgan fingerprint density at radius 3 is 2.79 bits per heavy atom. The van der Waals surface area contributed by atoms with Gasteiger partial charge in [0.15, 0.2) is 0 Å². The van der Waals surface area contributed by atoms with Crippen molar-refractivity contribution in [1.29, 1.82) is 0 Å². The van der Waals surface area contributed by atoms with Crippen LogP contribution >= 0.6 is 11.8 Å². The van der Waals surface area contributed by atoms with Gasteiger partial charge in [-0.2, -0.15) is 11.8 Å². The van der Waals surface area contributed by atoms with E-state index in [1.54, 1.807) is 11.8 Å². The largest absolute Gasteiger partial charge is 0.491 e. The SMILES string of the molecule is CSCC(C)NCC(O)COc1cc(C)ccc1C. The van der Waals surface area contributed by atoms with Crippen LogP contribution in [0.4, 0.5) is 0 Å². The number of aryl methyl sites for hydroxylation is 2. The molecule has 0 bridgehead atoms. The smallest absolute Gasteiger partial charge is 0.122 e. The van der Waals surface area contributed by atoms with E-state index in [0.29, 0.717) is 19.2 Å². The Hall–Kier alpha value is -0.710. The summed E-state index contributed by atoms with van der Waals surface area (Å²) in [6.07, 6.45) is 1.60. The van der Waals surface area contributed by atoms with Crippen molar-refractivity contribution in [2.75, 3.05) is 25.2 Å². The molecule has 3 nitrogen and oxygen atoms in total. The van der Waals surface area contributed by atoms with Crippen LogP contribution in [-0.4, -0.2) is 42.4 Å². The molecule has 0 spiro atoms. The van der Waals surface area contributed by atoms with E-state index < -0.39 is 6.10 Å². The number of aliphatic hydroxyl groups is 1. The molecular weight excluding hydrogens is 258 g/mol. The molecule has 0 heterocycles. The molecule has 0 saturated heterocycles. The second-order valence-corrected chi connectivity index (χ2v) is 5.91. The van der Waals surface area contributed by atoms with Crippen LogP contribution in [0.5, 0.6) is 5.75 Å². The lowest BCUT2D eigenvalue weighted by atomic mass is 10.1. The van der Waals surface area contributed by atoms with Crippen LogP contribution in [0.25, 0.3) is 0 Å². The van der Waals surface area contributed by atoms with Gasteiger partial charge in [-0.1, -0.05) is 12.1 Å². The first kappa shape index (κ1) is 16.3. The lowest BCUT2D eigenvalue weighted by Gasteiger charge is -2.17. The van der Waals surface area contributed by atoms with Gasteiger partial charge in [0.2, 0.25) is 0 Å². The Kier molecular flexibility index (Phi) is 7.28. The van der Waals surface area contributed by atoms with Crippen LogP contribution in [0, 0.1) is 13.8 Å². The van der Waals surface area contributed by atoms with Crippen molar-refractivity contribution in [3.8, 4) is 5.75 Å².